The number of aromatic nitrogens is 3. The topological polar surface area (TPSA) is 97.1 Å². The third-order valence-corrected chi connectivity index (χ3v) is 5.53. The van der Waals surface area contributed by atoms with Crippen molar-refractivity contribution >= 4 is 17.5 Å². The Kier molecular flexibility index (Phi) is 6.11. The molecule has 160 valence electrons. The standard InChI is InChI=1S/C22H20ClFN4O3/c23-14-7-5-13(6-8-14)19-10-17(21(30)26-18-3-1-2-4-20(18)29)22(31)28(27-19)16-9-15(24)11-25-12-16/h5-12,18,20,29H,1-4H2,(H,26,30)/t18-,20+/m0/s1. The molecule has 0 spiro atoms. The van der Waals surface area contributed by atoms with Crippen molar-refractivity contribution in [2.75, 3.05) is 0 Å². The van der Waals surface area contributed by atoms with Crippen molar-refractivity contribution in [1.29, 1.82) is 0 Å². The predicted octanol–water partition coefficient (Wildman–Crippen LogP) is 3.12. The lowest BCUT2D eigenvalue weighted by molar-refractivity contribution is 0.0716. The van der Waals surface area contributed by atoms with Gasteiger partial charge in [-0.1, -0.05) is 36.6 Å². The van der Waals surface area contributed by atoms with Gasteiger partial charge in [-0.15, -0.1) is 0 Å². The maximum atomic E-state index is 13.7. The molecule has 0 radical (unpaired) electrons. The van der Waals surface area contributed by atoms with Crippen LogP contribution in [0.25, 0.3) is 16.9 Å². The number of carbonyl (C=O) groups is 1. The van der Waals surface area contributed by atoms with Crippen molar-refractivity contribution in [2.45, 2.75) is 37.8 Å². The van der Waals surface area contributed by atoms with E-state index in [9.17, 15) is 19.1 Å². The maximum absolute atomic E-state index is 13.7. The first-order valence-corrected chi connectivity index (χ1v) is 10.3. The third-order valence-electron chi connectivity index (χ3n) is 5.28. The molecule has 3 aromatic rings. The van der Waals surface area contributed by atoms with E-state index in [4.69, 9.17) is 11.6 Å². The molecule has 2 N–H and O–H groups in total. The van der Waals surface area contributed by atoms with Crippen molar-refractivity contribution in [1.82, 2.24) is 20.1 Å². The minimum atomic E-state index is -0.715. The normalized spacial score (nSPS) is 18.5. The van der Waals surface area contributed by atoms with E-state index in [0.717, 1.165) is 29.8 Å². The van der Waals surface area contributed by atoms with Gasteiger partial charge in [0.25, 0.3) is 11.5 Å². The zero-order valence-corrected chi connectivity index (χ0v) is 17.2. The Labute approximate surface area is 182 Å². The smallest absolute Gasteiger partial charge is 0.284 e. The van der Waals surface area contributed by atoms with Crippen molar-refractivity contribution in [3.05, 3.63) is 75.5 Å². The van der Waals surface area contributed by atoms with E-state index in [1.165, 1.54) is 12.3 Å². The van der Waals surface area contributed by atoms with Crippen LogP contribution in [0.3, 0.4) is 0 Å². The number of halogens is 2. The Bertz CT molecular complexity index is 1170. The summed E-state index contributed by atoms with van der Waals surface area (Å²) in [5.74, 6) is -1.26. The molecule has 0 unspecified atom stereocenters. The Hall–Kier alpha value is -3.10. The highest BCUT2D eigenvalue weighted by Gasteiger charge is 2.26. The van der Waals surface area contributed by atoms with Gasteiger partial charge in [-0.05, 0) is 31.0 Å². The van der Waals surface area contributed by atoms with E-state index in [1.807, 2.05) is 0 Å². The summed E-state index contributed by atoms with van der Waals surface area (Å²) in [5.41, 5.74) is 0.159. The molecular formula is C22H20ClFN4O3. The monoisotopic (exact) mass is 442 g/mol. The van der Waals surface area contributed by atoms with Gasteiger partial charge >= 0.3 is 0 Å². The number of rotatable bonds is 4. The minimum absolute atomic E-state index is 0.0903. The van der Waals surface area contributed by atoms with Crippen LogP contribution in [0.15, 0.2) is 53.6 Å². The molecule has 2 heterocycles. The van der Waals surface area contributed by atoms with Crippen LogP contribution in [-0.4, -0.2) is 37.9 Å². The van der Waals surface area contributed by atoms with Gasteiger partial charge in [-0.2, -0.15) is 9.78 Å². The fourth-order valence-corrected chi connectivity index (χ4v) is 3.76. The van der Waals surface area contributed by atoms with E-state index < -0.39 is 29.4 Å². The molecular weight excluding hydrogens is 423 g/mol. The summed E-state index contributed by atoms with van der Waals surface area (Å²) in [4.78, 5) is 29.9. The van der Waals surface area contributed by atoms with Gasteiger partial charge in [-0.3, -0.25) is 14.6 Å². The highest BCUT2D eigenvalue weighted by molar-refractivity contribution is 6.30. The first-order chi connectivity index (χ1) is 14.9. The zero-order valence-electron chi connectivity index (χ0n) is 16.5. The number of aliphatic hydroxyl groups excluding tert-OH is 1. The summed E-state index contributed by atoms with van der Waals surface area (Å²) in [5, 5.41) is 17.8. The Morgan fingerprint density at radius 1 is 1.16 bits per heavy atom. The average molecular weight is 443 g/mol. The van der Waals surface area contributed by atoms with Gasteiger partial charge in [-0.25, -0.2) is 4.39 Å². The van der Waals surface area contributed by atoms with Crippen LogP contribution >= 0.6 is 11.6 Å². The summed E-state index contributed by atoms with van der Waals surface area (Å²) in [6, 6.07) is 8.80. The van der Waals surface area contributed by atoms with Crippen LogP contribution in [0, 0.1) is 5.82 Å². The third kappa shape index (κ3) is 4.65. The molecule has 0 aliphatic heterocycles. The van der Waals surface area contributed by atoms with Crippen molar-refractivity contribution in [3.63, 3.8) is 0 Å². The lowest BCUT2D eigenvalue weighted by atomic mass is 9.92. The van der Waals surface area contributed by atoms with Crippen molar-refractivity contribution in [3.8, 4) is 16.9 Å². The van der Waals surface area contributed by atoms with Crippen LogP contribution in [0.2, 0.25) is 5.02 Å². The number of nitrogens with zero attached hydrogens (tertiary/aromatic N) is 3. The lowest BCUT2D eigenvalue weighted by Crippen LogP contribution is -2.46. The number of aliphatic hydroxyl groups is 1. The van der Waals surface area contributed by atoms with Gasteiger partial charge in [0.05, 0.1) is 35.9 Å². The number of hydrogen-bond acceptors (Lipinski definition) is 5. The van der Waals surface area contributed by atoms with E-state index >= 15 is 0 Å². The number of nitrogens with one attached hydrogen (secondary N) is 1. The molecule has 31 heavy (non-hydrogen) atoms. The van der Waals surface area contributed by atoms with Crippen LogP contribution in [0.1, 0.15) is 36.0 Å². The quantitative estimate of drug-likeness (QED) is 0.647. The van der Waals surface area contributed by atoms with Crippen LogP contribution in [0.4, 0.5) is 4.39 Å². The molecule has 0 bridgehead atoms. The lowest BCUT2D eigenvalue weighted by Gasteiger charge is -2.28. The first kappa shape index (κ1) is 21.1. The molecule has 1 aromatic carbocycles. The highest BCUT2D eigenvalue weighted by Crippen LogP contribution is 2.22. The molecule has 0 saturated heterocycles. The number of benzene rings is 1. The summed E-state index contributed by atoms with van der Waals surface area (Å²) in [7, 11) is 0. The molecule has 1 aliphatic rings. The van der Waals surface area contributed by atoms with E-state index in [0.29, 0.717) is 29.1 Å². The maximum Gasteiger partial charge on any atom is 0.284 e. The van der Waals surface area contributed by atoms with Gasteiger partial charge in [0.15, 0.2) is 0 Å². The Morgan fingerprint density at radius 2 is 1.90 bits per heavy atom. The average Bonchev–Trinajstić information content (AvgIpc) is 2.76. The van der Waals surface area contributed by atoms with Crippen molar-refractivity contribution in [2.24, 2.45) is 0 Å². The Balaban J connectivity index is 1.80. The molecule has 2 aromatic heterocycles. The van der Waals surface area contributed by atoms with E-state index in [1.54, 1.807) is 24.3 Å². The number of hydrogen-bond donors (Lipinski definition) is 2. The fraction of sp³-hybridized carbons (Fsp3) is 0.273. The fourth-order valence-electron chi connectivity index (χ4n) is 3.64. The molecule has 4 rings (SSSR count). The second-order valence-corrected chi connectivity index (χ2v) is 7.90. The summed E-state index contributed by atoms with van der Waals surface area (Å²) < 4.78 is 14.7. The van der Waals surface area contributed by atoms with Gasteiger partial charge in [0.2, 0.25) is 0 Å². The second kappa shape index (κ2) is 8.95. The summed E-state index contributed by atoms with van der Waals surface area (Å²) in [6.45, 7) is 0. The Morgan fingerprint density at radius 3 is 2.61 bits per heavy atom. The van der Waals surface area contributed by atoms with Crippen LogP contribution < -0.4 is 10.9 Å². The van der Waals surface area contributed by atoms with Crippen molar-refractivity contribution < 1.29 is 14.3 Å². The SMILES string of the molecule is O=C(N[C@H]1CCCC[C@H]1O)c1cc(-c2ccc(Cl)cc2)nn(-c2cncc(F)c2)c1=O. The molecule has 1 saturated carbocycles. The van der Waals surface area contributed by atoms with E-state index in [2.05, 4.69) is 15.4 Å². The molecule has 7 nitrogen and oxygen atoms in total. The largest absolute Gasteiger partial charge is 0.391 e. The minimum Gasteiger partial charge on any atom is -0.391 e. The highest BCUT2D eigenvalue weighted by atomic mass is 35.5. The van der Waals surface area contributed by atoms with Gasteiger partial charge in [0.1, 0.15) is 11.4 Å². The predicted molar refractivity (Wildman–Crippen MR) is 114 cm³/mol. The number of carbonyl (C=O) groups excluding carboxylic acids is 1. The number of amides is 1. The molecule has 1 aliphatic carbocycles. The molecule has 2 atom stereocenters. The van der Waals surface area contributed by atoms with Gasteiger partial charge in [0, 0.05) is 16.7 Å². The van der Waals surface area contributed by atoms with Crippen LogP contribution in [0.5, 0.6) is 0 Å². The molecule has 1 amide bonds. The second-order valence-electron chi connectivity index (χ2n) is 7.46. The zero-order chi connectivity index (χ0) is 22.0. The molecule has 1 fully saturated rings. The van der Waals surface area contributed by atoms with Crippen LogP contribution in [-0.2, 0) is 0 Å². The summed E-state index contributed by atoms with van der Waals surface area (Å²) in [6.07, 6.45) is 4.63. The van der Waals surface area contributed by atoms with Gasteiger partial charge < -0.3 is 10.4 Å². The molecule has 9 heteroatoms. The first-order valence-electron chi connectivity index (χ1n) is 9.92. The summed E-state index contributed by atoms with van der Waals surface area (Å²) >= 11 is 5.96. The number of pyridine rings is 1. The van der Waals surface area contributed by atoms with E-state index in [-0.39, 0.29) is 11.3 Å².